The highest BCUT2D eigenvalue weighted by molar-refractivity contribution is 5.72. The molecule has 1 aliphatic heterocycles. The lowest BCUT2D eigenvalue weighted by Gasteiger charge is -2.20. The van der Waals surface area contributed by atoms with Crippen molar-refractivity contribution in [3.8, 4) is 28.4 Å². The van der Waals surface area contributed by atoms with Crippen LogP contribution in [-0.4, -0.2) is 35.0 Å². The lowest BCUT2D eigenvalue weighted by atomic mass is 9.94. The number of carboxylic acid groups (broad SMARTS) is 1. The van der Waals surface area contributed by atoms with E-state index in [4.69, 9.17) is 19.3 Å². The van der Waals surface area contributed by atoms with Crippen molar-refractivity contribution in [1.29, 1.82) is 0 Å². The van der Waals surface area contributed by atoms with E-state index in [1.165, 1.54) is 5.56 Å². The number of aliphatic hydroxyl groups excluding tert-OH is 1. The number of aliphatic hydroxyl groups is 1. The zero-order chi connectivity index (χ0) is 25.2. The van der Waals surface area contributed by atoms with Gasteiger partial charge in [0.2, 0.25) is 0 Å². The van der Waals surface area contributed by atoms with Gasteiger partial charge in [-0.1, -0.05) is 24.3 Å². The summed E-state index contributed by atoms with van der Waals surface area (Å²) in [6, 6.07) is 18.1. The number of ether oxygens (including phenoxy) is 3. The summed E-state index contributed by atoms with van der Waals surface area (Å²) in [6.45, 7) is 4.97. The van der Waals surface area contributed by atoms with Crippen molar-refractivity contribution in [3.05, 3.63) is 76.9 Å². The predicted molar refractivity (Wildman–Crippen MR) is 137 cm³/mol. The number of aliphatic carboxylic acids is 1. The Kier molecular flexibility index (Phi) is 6.88. The summed E-state index contributed by atoms with van der Waals surface area (Å²) in [6.07, 6.45) is 2.25. The molecule has 3 aromatic rings. The molecule has 0 aromatic heterocycles. The van der Waals surface area contributed by atoms with Crippen LogP contribution in [-0.2, 0) is 11.4 Å². The first-order valence-corrected chi connectivity index (χ1v) is 12.5. The van der Waals surface area contributed by atoms with Gasteiger partial charge in [-0.05, 0) is 85.2 Å². The van der Waals surface area contributed by atoms with E-state index in [0.29, 0.717) is 24.7 Å². The van der Waals surface area contributed by atoms with Crippen molar-refractivity contribution >= 4 is 5.97 Å². The molecule has 6 nitrogen and oxygen atoms in total. The van der Waals surface area contributed by atoms with Gasteiger partial charge in [0, 0.05) is 17.5 Å². The Morgan fingerprint density at radius 2 is 1.83 bits per heavy atom. The van der Waals surface area contributed by atoms with Gasteiger partial charge in [0.1, 0.15) is 30.0 Å². The first-order chi connectivity index (χ1) is 17.4. The summed E-state index contributed by atoms with van der Waals surface area (Å²) in [4.78, 5) is 11.1. The molecular weight excluding hydrogens is 456 g/mol. The van der Waals surface area contributed by atoms with Crippen molar-refractivity contribution in [2.24, 2.45) is 0 Å². The van der Waals surface area contributed by atoms with E-state index in [1.807, 2.05) is 30.3 Å². The zero-order valence-corrected chi connectivity index (χ0v) is 20.7. The van der Waals surface area contributed by atoms with Crippen molar-refractivity contribution in [2.45, 2.75) is 64.3 Å². The second-order valence-corrected chi connectivity index (χ2v) is 9.88. The van der Waals surface area contributed by atoms with E-state index in [1.54, 1.807) is 0 Å². The molecule has 0 spiro atoms. The van der Waals surface area contributed by atoms with E-state index in [0.717, 1.165) is 52.8 Å². The number of aryl methyl sites for hydroxylation is 2. The third-order valence-corrected chi connectivity index (χ3v) is 7.12. The van der Waals surface area contributed by atoms with Crippen LogP contribution in [0.15, 0.2) is 54.6 Å². The van der Waals surface area contributed by atoms with Crippen LogP contribution in [0.5, 0.6) is 17.2 Å². The van der Waals surface area contributed by atoms with E-state index in [2.05, 4.69) is 38.1 Å². The lowest BCUT2D eigenvalue weighted by molar-refractivity contribution is -0.137. The number of fused-ring (bicyclic) bond motifs is 1. The Hall–Kier alpha value is -3.51. The van der Waals surface area contributed by atoms with Crippen molar-refractivity contribution in [1.82, 2.24) is 0 Å². The monoisotopic (exact) mass is 488 g/mol. The summed E-state index contributed by atoms with van der Waals surface area (Å²) >= 11 is 0. The molecule has 188 valence electrons. The smallest absolute Gasteiger partial charge is 0.304 e. The number of benzene rings is 3. The maximum atomic E-state index is 11.1. The third kappa shape index (κ3) is 5.19. The van der Waals surface area contributed by atoms with Gasteiger partial charge in [0.25, 0.3) is 0 Å². The van der Waals surface area contributed by atoms with Crippen LogP contribution in [0.1, 0.15) is 53.9 Å². The molecule has 0 saturated heterocycles. The molecule has 2 aliphatic rings. The molecule has 0 amide bonds. The van der Waals surface area contributed by atoms with E-state index in [9.17, 15) is 9.90 Å². The minimum atomic E-state index is -0.822. The Morgan fingerprint density at radius 1 is 1.03 bits per heavy atom. The highest BCUT2D eigenvalue weighted by atomic mass is 16.5. The van der Waals surface area contributed by atoms with Gasteiger partial charge in [-0.15, -0.1) is 0 Å². The number of hydrogen-bond donors (Lipinski definition) is 2. The van der Waals surface area contributed by atoms with E-state index in [-0.39, 0.29) is 24.5 Å². The molecular formula is C30H32O6. The maximum Gasteiger partial charge on any atom is 0.304 e. The van der Waals surface area contributed by atoms with Gasteiger partial charge in [-0.2, -0.15) is 0 Å². The number of carbonyl (C=O) groups is 1. The summed E-state index contributed by atoms with van der Waals surface area (Å²) in [7, 11) is 0. The molecule has 6 heteroatoms. The lowest BCUT2D eigenvalue weighted by Crippen LogP contribution is -2.25. The SMILES string of the molecule is Cc1cc(O[C@@H]2CCC[C@@H]2O)cc(C)c1-c1cccc(COc2ccc3c(c2)OC[C@H]3CC(=O)O)c1. The standard InChI is InChI=1S/C30H32O6/c1-18-11-24(36-27-8-4-7-26(27)31)12-19(2)30(18)21-6-3-5-20(13-21)16-34-23-9-10-25-22(14-29(32)33)17-35-28(25)15-23/h3,5-6,9-13,15,22,26-27,31H,4,7-8,14,16-17H2,1-2H3,(H,32,33)/t22-,26+,27-/m1/s1. The molecule has 3 atom stereocenters. The van der Waals surface area contributed by atoms with Crippen LogP contribution in [0.2, 0.25) is 0 Å². The Balaban J connectivity index is 1.28. The van der Waals surface area contributed by atoms with Crippen LogP contribution in [0.4, 0.5) is 0 Å². The number of rotatable bonds is 8. The molecule has 1 fully saturated rings. The molecule has 1 heterocycles. The van der Waals surface area contributed by atoms with Crippen LogP contribution in [0.25, 0.3) is 11.1 Å². The molecule has 0 radical (unpaired) electrons. The van der Waals surface area contributed by atoms with Gasteiger partial charge in [0.15, 0.2) is 0 Å². The summed E-state index contributed by atoms with van der Waals surface area (Å²) in [5, 5.41) is 19.2. The summed E-state index contributed by atoms with van der Waals surface area (Å²) in [5.74, 6) is 1.26. The fraction of sp³-hybridized carbons (Fsp3) is 0.367. The third-order valence-electron chi connectivity index (χ3n) is 7.12. The molecule has 1 aliphatic carbocycles. The zero-order valence-electron chi connectivity index (χ0n) is 20.7. The van der Waals surface area contributed by atoms with Crippen molar-refractivity contribution in [3.63, 3.8) is 0 Å². The largest absolute Gasteiger partial charge is 0.492 e. The normalized spacial score (nSPS) is 20.6. The minimum absolute atomic E-state index is 0.0640. The number of carboxylic acids is 1. The van der Waals surface area contributed by atoms with Crippen molar-refractivity contribution in [2.75, 3.05) is 6.61 Å². The maximum absolute atomic E-state index is 11.1. The molecule has 0 bridgehead atoms. The van der Waals surface area contributed by atoms with E-state index < -0.39 is 5.97 Å². The minimum Gasteiger partial charge on any atom is -0.492 e. The number of hydrogen-bond acceptors (Lipinski definition) is 5. The van der Waals surface area contributed by atoms with Gasteiger partial charge in [-0.3, -0.25) is 4.79 Å². The van der Waals surface area contributed by atoms with Gasteiger partial charge in [-0.25, -0.2) is 0 Å². The van der Waals surface area contributed by atoms with Crippen LogP contribution in [0, 0.1) is 13.8 Å². The fourth-order valence-electron chi connectivity index (χ4n) is 5.38. The van der Waals surface area contributed by atoms with Gasteiger partial charge in [0.05, 0.1) is 19.1 Å². The quantitative estimate of drug-likeness (QED) is 0.417. The summed E-state index contributed by atoms with van der Waals surface area (Å²) < 4.78 is 17.8. The fourth-order valence-corrected chi connectivity index (χ4v) is 5.38. The van der Waals surface area contributed by atoms with Crippen LogP contribution >= 0.6 is 0 Å². The first-order valence-electron chi connectivity index (χ1n) is 12.5. The highest BCUT2D eigenvalue weighted by Gasteiger charge is 2.28. The molecule has 3 aromatic carbocycles. The topological polar surface area (TPSA) is 85.2 Å². The Bertz CT molecular complexity index is 1240. The molecule has 2 N–H and O–H groups in total. The van der Waals surface area contributed by atoms with Gasteiger partial charge >= 0.3 is 5.97 Å². The average molecular weight is 489 g/mol. The van der Waals surface area contributed by atoms with Crippen LogP contribution < -0.4 is 14.2 Å². The summed E-state index contributed by atoms with van der Waals surface area (Å²) in [5.41, 5.74) is 6.52. The predicted octanol–water partition coefficient (Wildman–Crippen LogP) is 5.79. The van der Waals surface area contributed by atoms with Crippen molar-refractivity contribution < 1.29 is 29.2 Å². The first kappa shape index (κ1) is 24.2. The highest BCUT2D eigenvalue weighted by Crippen LogP contribution is 2.38. The Labute approximate surface area is 211 Å². The molecule has 5 rings (SSSR count). The molecule has 0 unspecified atom stereocenters. The average Bonchev–Trinajstić information content (AvgIpc) is 3.42. The second kappa shape index (κ2) is 10.2. The molecule has 1 saturated carbocycles. The van der Waals surface area contributed by atoms with Crippen LogP contribution in [0.3, 0.4) is 0 Å². The second-order valence-electron chi connectivity index (χ2n) is 9.88. The Morgan fingerprint density at radius 3 is 2.56 bits per heavy atom. The van der Waals surface area contributed by atoms with E-state index >= 15 is 0 Å². The van der Waals surface area contributed by atoms with Gasteiger partial charge < -0.3 is 24.4 Å². The molecule has 36 heavy (non-hydrogen) atoms.